The highest BCUT2D eigenvalue weighted by Gasteiger charge is 2.09. The molecule has 1 aromatic heterocycles. The van der Waals surface area contributed by atoms with Gasteiger partial charge in [-0.1, -0.05) is 25.6 Å². The maximum absolute atomic E-state index is 10.5. The van der Waals surface area contributed by atoms with Gasteiger partial charge in [0.05, 0.1) is 6.61 Å². The number of thioether (sulfide) groups is 1. The van der Waals surface area contributed by atoms with Crippen LogP contribution in [0.2, 0.25) is 0 Å². The Balaban J connectivity index is 2.19. The maximum atomic E-state index is 10.5. The lowest BCUT2D eigenvalue weighted by Gasteiger charge is -2.05. The Bertz CT molecular complexity index is 370. The van der Waals surface area contributed by atoms with Gasteiger partial charge in [0.25, 0.3) is 0 Å². The molecule has 0 saturated heterocycles. The maximum Gasteiger partial charge on any atom is 0.325 e. The first-order valence-electron chi connectivity index (χ1n) is 5.78. The normalized spacial score (nSPS) is 11.1. The summed E-state index contributed by atoms with van der Waals surface area (Å²) in [4.78, 5) is 10.5. The van der Waals surface area contributed by atoms with Gasteiger partial charge in [-0.2, -0.15) is 0 Å². The van der Waals surface area contributed by atoms with Crippen LogP contribution in [0.1, 0.15) is 20.3 Å². The molecule has 0 aliphatic carbocycles. The predicted molar refractivity (Wildman–Crippen MR) is 66.5 cm³/mol. The Labute approximate surface area is 110 Å². The molecule has 1 heterocycles. The van der Waals surface area contributed by atoms with Crippen LogP contribution in [0.15, 0.2) is 5.16 Å². The minimum atomic E-state index is -0.961. The van der Waals surface area contributed by atoms with E-state index in [4.69, 9.17) is 9.84 Å². The third-order valence-electron chi connectivity index (χ3n) is 2.08. The van der Waals surface area contributed by atoms with Crippen molar-refractivity contribution in [1.82, 2.24) is 20.2 Å². The summed E-state index contributed by atoms with van der Waals surface area (Å²) >= 11 is 1.39. The zero-order valence-electron chi connectivity index (χ0n) is 10.6. The molecule has 102 valence electrons. The number of hydrogen-bond donors (Lipinski definition) is 1. The number of carboxylic acids is 1. The van der Waals surface area contributed by atoms with Crippen molar-refractivity contribution in [3.8, 4) is 0 Å². The van der Waals surface area contributed by atoms with Crippen LogP contribution in [-0.4, -0.2) is 50.2 Å². The summed E-state index contributed by atoms with van der Waals surface area (Å²) in [6.07, 6.45) is 1.04. The second-order valence-corrected chi connectivity index (χ2v) is 5.22. The largest absolute Gasteiger partial charge is 0.480 e. The Morgan fingerprint density at radius 1 is 1.50 bits per heavy atom. The Morgan fingerprint density at radius 3 is 2.94 bits per heavy atom. The fourth-order valence-corrected chi connectivity index (χ4v) is 1.87. The molecule has 8 heteroatoms. The van der Waals surface area contributed by atoms with Gasteiger partial charge < -0.3 is 9.84 Å². The molecule has 0 fully saturated rings. The number of nitrogens with zero attached hydrogens (tertiary/aromatic N) is 4. The van der Waals surface area contributed by atoms with Crippen LogP contribution in [0.3, 0.4) is 0 Å². The van der Waals surface area contributed by atoms with Crippen molar-refractivity contribution in [2.45, 2.75) is 32.0 Å². The molecule has 0 aliphatic rings. The summed E-state index contributed by atoms with van der Waals surface area (Å²) in [6, 6.07) is 0. The molecule has 0 radical (unpaired) electrons. The molecular formula is C10H18N4O3S. The molecular weight excluding hydrogens is 256 g/mol. The first-order valence-corrected chi connectivity index (χ1v) is 6.76. The number of hydrogen-bond acceptors (Lipinski definition) is 6. The zero-order chi connectivity index (χ0) is 13.4. The molecule has 1 rings (SSSR count). The average molecular weight is 274 g/mol. The van der Waals surface area contributed by atoms with Gasteiger partial charge in [0.15, 0.2) is 0 Å². The third-order valence-corrected chi connectivity index (χ3v) is 3.00. The number of carboxylic acid groups (broad SMARTS) is 1. The van der Waals surface area contributed by atoms with Gasteiger partial charge in [0.1, 0.15) is 6.54 Å². The highest BCUT2D eigenvalue weighted by Crippen LogP contribution is 2.13. The summed E-state index contributed by atoms with van der Waals surface area (Å²) in [6.45, 7) is 5.44. The van der Waals surface area contributed by atoms with E-state index in [-0.39, 0.29) is 6.54 Å². The Morgan fingerprint density at radius 2 is 2.28 bits per heavy atom. The van der Waals surface area contributed by atoms with E-state index in [1.165, 1.54) is 16.4 Å². The van der Waals surface area contributed by atoms with Gasteiger partial charge in [-0.15, -0.1) is 5.10 Å². The van der Waals surface area contributed by atoms with Gasteiger partial charge in [0.2, 0.25) is 5.16 Å². The van der Waals surface area contributed by atoms with E-state index < -0.39 is 5.97 Å². The minimum absolute atomic E-state index is 0.219. The number of aliphatic carboxylic acids is 1. The van der Waals surface area contributed by atoms with Crippen molar-refractivity contribution in [2.75, 3.05) is 19.0 Å². The second-order valence-electron chi connectivity index (χ2n) is 4.16. The van der Waals surface area contributed by atoms with E-state index in [9.17, 15) is 4.79 Å². The molecule has 0 amide bonds. The van der Waals surface area contributed by atoms with Crippen LogP contribution in [0.5, 0.6) is 0 Å². The number of carbonyl (C=O) groups is 1. The van der Waals surface area contributed by atoms with E-state index >= 15 is 0 Å². The summed E-state index contributed by atoms with van der Waals surface area (Å²) < 4.78 is 6.71. The van der Waals surface area contributed by atoms with Crippen LogP contribution in [0, 0.1) is 5.92 Å². The lowest BCUT2D eigenvalue weighted by Crippen LogP contribution is -2.12. The van der Waals surface area contributed by atoms with Crippen LogP contribution in [0.25, 0.3) is 0 Å². The molecule has 1 N–H and O–H groups in total. The first-order chi connectivity index (χ1) is 8.59. The molecule has 0 spiro atoms. The summed E-state index contributed by atoms with van der Waals surface area (Å²) in [5.74, 6) is 0.385. The molecule has 7 nitrogen and oxygen atoms in total. The van der Waals surface area contributed by atoms with Crippen molar-refractivity contribution in [2.24, 2.45) is 5.92 Å². The molecule has 0 saturated carbocycles. The highest BCUT2D eigenvalue weighted by atomic mass is 32.2. The zero-order valence-corrected chi connectivity index (χ0v) is 11.4. The Kier molecular flexibility index (Phi) is 6.66. The number of rotatable bonds is 9. The van der Waals surface area contributed by atoms with Gasteiger partial charge in [-0.3, -0.25) is 4.79 Å². The molecule has 0 aliphatic heterocycles. The van der Waals surface area contributed by atoms with Crippen molar-refractivity contribution in [3.05, 3.63) is 0 Å². The van der Waals surface area contributed by atoms with E-state index in [0.717, 1.165) is 13.0 Å². The van der Waals surface area contributed by atoms with Crippen molar-refractivity contribution in [1.29, 1.82) is 0 Å². The number of aromatic nitrogens is 4. The molecule has 0 bridgehead atoms. The molecule has 0 aromatic carbocycles. The monoisotopic (exact) mass is 274 g/mol. The molecule has 1 aromatic rings. The second kappa shape index (κ2) is 8.04. The SMILES string of the molecule is CC(C)CCOCCSc1nnnn1CC(=O)O. The Hall–Kier alpha value is -1.15. The lowest BCUT2D eigenvalue weighted by atomic mass is 10.1. The van der Waals surface area contributed by atoms with Crippen molar-refractivity contribution in [3.63, 3.8) is 0 Å². The van der Waals surface area contributed by atoms with E-state index in [1.54, 1.807) is 0 Å². The highest BCUT2D eigenvalue weighted by molar-refractivity contribution is 7.99. The lowest BCUT2D eigenvalue weighted by molar-refractivity contribution is -0.138. The van der Waals surface area contributed by atoms with Crippen molar-refractivity contribution < 1.29 is 14.6 Å². The predicted octanol–water partition coefficient (Wildman–Crippen LogP) is 0.912. The van der Waals surface area contributed by atoms with Crippen LogP contribution in [-0.2, 0) is 16.1 Å². The third kappa shape index (κ3) is 5.97. The van der Waals surface area contributed by atoms with E-state index in [0.29, 0.717) is 23.4 Å². The van der Waals surface area contributed by atoms with Gasteiger partial charge in [-0.05, 0) is 22.8 Å². The minimum Gasteiger partial charge on any atom is -0.480 e. The fraction of sp³-hybridized carbons (Fsp3) is 0.800. The quantitative estimate of drug-likeness (QED) is 0.528. The average Bonchev–Trinajstić information content (AvgIpc) is 2.69. The standard InChI is InChI=1S/C10H18N4O3S/c1-8(2)3-4-17-5-6-18-10-11-12-13-14(10)7-9(15)16/h8H,3-7H2,1-2H3,(H,15,16). The van der Waals surface area contributed by atoms with Crippen molar-refractivity contribution >= 4 is 17.7 Å². The smallest absolute Gasteiger partial charge is 0.325 e. The first kappa shape index (κ1) is 14.9. The van der Waals surface area contributed by atoms with Gasteiger partial charge in [-0.25, -0.2) is 4.68 Å². The van der Waals surface area contributed by atoms with Gasteiger partial charge >= 0.3 is 5.97 Å². The molecule has 18 heavy (non-hydrogen) atoms. The topological polar surface area (TPSA) is 90.1 Å². The molecule has 0 atom stereocenters. The fourth-order valence-electron chi connectivity index (χ4n) is 1.14. The summed E-state index contributed by atoms with van der Waals surface area (Å²) in [7, 11) is 0. The van der Waals surface area contributed by atoms with Crippen LogP contribution < -0.4 is 0 Å². The molecule has 0 unspecified atom stereocenters. The van der Waals surface area contributed by atoms with Crippen LogP contribution >= 0.6 is 11.8 Å². The van der Waals surface area contributed by atoms with Crippen LogP contribution in [0.4, 0.5) is 0 Å². The van der Waals surface area contributed by atoms with E-state index in [1.807, 2.05) is 0 Å². The summed E-state index contributed by atoms with van der Waals surface area (Å²) in [5.41, 5.74) is 0. The van der Waals surface area contributed by atoms with E-state index in [2.05, 4.69) is 29.4 Å². The summed E-state index contributed by atoms with van der Waals surface area (Å²) in [5, 5.41) is 20.0. The number of tetrazole rings is 1. The van der Waals surface area contributed by atoms with Gasteiger partial charge in [0, 0.05) is 12.4 Å². The number of ether oxygens (including phenoxy) is 1.